The van der Waals surface area contributed by atoms with Crippen molar-refractivity contribution < 1.29 is 9.13 Å². The van der Waals surface area contributed by atoms with E-state index in [1.807, 2.05) is 6.07 Å². The van der Waals surface area contributed by atoms with Crippen LogP contribution in [0.5, 0.6) is 11.5 Å². The Morgan fingerprint density at radius 2 is 1.95 bits per heavy atom. The first kappa shape index (κ1) is 16.1. The SMILES string of the molecule is CCCNCc1ccc(Oc2cccc(Cl)c2Cl)c(F)c1. The van der Waals surface area contributed by atoms with Gasteiger partial charge in [-0.15, -0.1) is 0 Å². The summed E-state index contributed by atoms with van der Waals surface area (Å²) in [6.07, 6.45) is 1.04. The summed E-state index contributed by atoms with van der Waals surface area (Å²) in [5.41, 5.74) is 0.866. The summed E-state index contributed by atoms with van der Waals surface area (Å²) in [5.74, 6) is 0.0279. The van der Waals surface area contributed by atoms with E-state index in [9.17, 15) is 4.39 Å². The van der Waals surface area contributed by atoms with Crippen LogP contribution in [0.25, 0.3) is 0 Å². The van der Waals surface area contributed by atoms with E-state index >= 15 is 0 Å². The zero-order chi connectivity index (χ0) is 15.2. The molecule has 0 saturated carbocycles. The molecule has 2 aromatic carbocycles. The van der Waals surface area contributed by atoms with E-state index in [0.717, 1.165) is 18.5 Å². The molecule has 0 bridgehead atoms. The highest BCUT2D eigenvalue weighted by Crippen LogP contribution is 2.35. The predicted octanol–water partition coefficient (Wildman–Crippen LogP) is 5.42. The second-order valence-electron chi connectivity index (χ2n) is 4.60. The van der Waals surface area contributed by atoms with Crippen LogP contribution in [0.15, 0.2) is 36.4 Å². The Balaban J connectivity index is 2.12. The van der Waals surface area contributed by atoms with Crippen LogP contribution < -0.4 is 10.1 Å². The summed E-state index contributed by atoms with van der Waals surface area (Å²) in [4.78, 5) is 0. The third kappa shape index (κ3) is 4.34. The molecule has 0 saturated heterocycles. The summed E-state index contributed by atoms with van der Waals surface area (Å²) in [6, 6.07) is 9.86. The Morgan fingerprint density at radius 3 is 2.67 bits per heavy atom. The Labute approximate surface area is 133 Å². The van der Waals surface area contributed by atoms with Crippen LogP contribution in [-0.4, -0.2) is 6.54 Å². The lowest BCUT2D eigenvalue weighted by Crippen LogP contribution is -2.13. The van der Waals surface area contributed by atoms with Gasteiger partial charge in [-0.3, -0.25) is 0 Å². The molecule has 0 heterocycles. The monoisotopic (exact) mass is 327 g/mol. The third-order valence-corrected chi connectivity index (χ3v) is 3.69. The van der Waals surface area contributed by atoms with Crippen molar-refractivity contribution in [3.05, 3.63) is 57.8 Å². The number of benzene rings is 2. The predicted molar refractivity (Wildman–Crippen MR) is 84.9 cm³/mol. The van der Waals surface area contributed by atoms with Crippen LogP contribution in [-0.2, 0) is 6.54 Å². The van der Waals surface area contributed by atoms with Gasteiger partial charge in [0.25, 0.3) is 0 Å². The van der Waals surface area contributed by atoms with Crippen LogP contribution in [0, 0.1) is 5.82 Å². The maximum atomic E-state index is 14.0. The van der Waals surface area contributed by atoms with Gasteiger partial charge in [0.15, 0.2) is 11.6 Å². The highest BCUT2D eigenvalue weighted by Gasteiger charge is 2.10. The van der Waals surface area contributed by atoms with Crippen LogP contribution in [0.2, 0.25) is 10.0 Å². The van der Waals surface area contributed by atoms with Gasteiger partial charge in [-0.1, -0.05) is 42.3 Å². The van der Waals surface area contributed by atoms with Gasteiger partial charge in [-0.05, 0) is 42.8 Å². The van der Waals surface area contributed by atoms with Crippen molar-refractivity contribution in [3.63, 3.8) is 0 Å². The molecule has 0 fully saturated rings. The Morgan fingerprint density at radius 1 is 1.14 bits per heavy atom. The molecule has 1 N–H and O–H groups in total. The van der Waals surface area contributed by atoms with E-state index in [0.29, 0.717) is 17.3 Å². The average molecular weight is 328 g/mol. The first-order valence-electron chi connectivity index (χ1n) is 6.73. The number of hydrogen-bond acceptors (Lipinski definition) is 2. The van der Waals surface area contributed by atoms with Gasteiger partial charge in [0.05, 0.1) is 5.02 Å². The summed E-state index contributed by atoms with van der Waals surface area (Å²) >= 11 is 11.9. The molecule has 2 rings (SSSR count). The van der Waals surface area contributed by atoms with Gasteiger partial charge < -0.3 is 10.1 Å². The zero-order valence-electron chi connectivity index (χ0n) is 11.6. The van der Waals surface area contributed by atoms with Crippen molar-refractivity contribution in [2.24, 2.45) is 0 Å². The van der Waals surface area contributed by atoms with Crippen LogP contribution in [0.1, 0.15) is 18.9 Å². The fourth-order valence-corrected chi connectivity index (χ4v) is 2.16. The molecule has 0 radical (unpaired) electrons. The topological polar surface area (TPSA) is 21.3 Å². The van der Waals surface area contributed by atoms with Gasteiger partial charge in [-0.25, -0.2) is 4.39 Å². The number of halogens is 3. The van der Waals surface area contributed by atoms with Crippen molar-refractivity contribution in [2.75, 3.05) is 6.54 Å². The fourth-order valence-electron chi connectivity index (χ4n) is 1.83. The molecule has 0 aliphatic carbocycles. The summed E-state index contributed by atoms with van der Waals surface area (Å²) in [5, 5.41) is 3.86. The normalized spacial score (nSPS) is 10.7. The minimum absolute atomic E-state index is 0.124. The van der Waals surface area contributed by atoms with Gasteiger partial charge >= 0.3 is 0 Å². The van der Waals surface area contributed by atoms with E-state index in [2.05, 4.69) is 12.2 Å². The van der Waals surface area contributed by atoms with Crippen LogP contribution in [0.4, 0.5) is 4.39 Å². The lowest BCUT2D eigenvalue weighted by molar-refractivity contribution is 0.441. The highest BCUT2D eigenvalue weighted by molar-refractivity contribution is 6.42. The molecule has 21 heavy (non-hydrogen) atoms. The van der Waals surface area contributed by atoms with E-state index < -0.39 is 5.82 Å². The lowest BCUT2D eigenvalue weighted by Gasteiger charge is -2.10. The van der Waals surface area contributed by atoms with Gasteiger partial charge in [0.2, 0.25) is 0 Å². The number of ether oxygens (including phenoxy) is 1. The summed E-state index contributed by atoms with van der Waals surface area (Å²) < 4.78 is 19.5. The van der Waals surface area contributed by atoms with Crippen molar-refractivity contribution in [2.45, 2.75) is 19.9 Å². The quantitative estimate of drug-likeness (QED) is 0.715. The molecule has 0 unspecified atom stereocenters. The molecule has 0 aliphatic rings. The average Bonchev–Trinajstić information content (AvgIpc) is 2.47. The molecule has 0 spiro atoms. The molecule has 0 amide bonds. The van der Waals surface area contributed by atoms with E-state index in [1.54, 1.807) is 24.3 Å². The maximum Gasteiger partial charge on any atom is 0.166 e. The van der Waals surface area contributed by atoms with Crippen LogP contribution >= 0.6 is 23.2 Å². The molecular weight excluding hydrogens is 312 g/mol. The molecule has 0 atom stereocenters. The van der Waals surface area contributed by atoms with Gasteiger partial charge in [0.1, 0.15) is 10.8 Å². The first-order valence-corrected chi connectivity index (χ1v) is 7.48. The number of hydrogen-bond donors (Lipinski definition) is 1. The largest absolute Gasteiger partial charge is 0.453 e. The minimum Gasteiger partial charge on any atom is -0.453 e. The van der Waals surface area contributed by atoms with E-state index in [1.165, 1.54) is 6.07 Å². The van der Waals surface area contributed by atoms with Crippen molar-refractivity contribution >= 4 is 23.2 Å². The molecular formula is C16H16Cl2FNO. The maximum absolute atomic E-state index is 14.0. The second kappa shape index (κ2) is 7.64. The van der Waals surface area contributed by atoms with Crippen molar-refractivity contribution in [1.82, 2.24) is 5.32 Å². The molecule has 0 aliphatic heterocycles. The fraction of sp³-hybridized carbons (Fsp3) is 0.250. The number of rotatable bonds is 6. The Hall–Kier alpha value is -1.29. The summed E-state index contributed by atoms with van der Waals surface area (Å²) in [6.45, 7) is 3.61. The van der Waals surface area contributed by atoms with Gasteiger partial charge in [0, 0.05) is 6.54 Å². The third-order valence-electron chi connectivity index (χ3n) is 2.89. The zero-order valence-corrected chi connectivity index (χ0v) is 13.1. The molecule has 112 valence electrons. The highest BCUT2D eigenvalue weighted by atomic mass is 35.5. The van der Waals surface area contributed by atoms with Crippen molar-refractivity contribution in [1.29, 1.82) is 0 Å². The van der Waals surface area contributed by atoms with E-state index in [4.69, 9.17) is 27.9 Å². The first-order chi connectivity index (χ1) is 10.1. The standard InChI is InChI=1S/C16H16Cl2FNO/c1-2-8-20-10-11-6-7-14(13(19)9-11)21-15-5-3-4-12(17)16(15)18/h3-7,9,20H,2,8,10H2,1H3. The lowest BCUT2D eigenvalue weighted by atomic mass is 10.2. The summed E-state index contributed by atoms with van der Waals surface area (Å²) in [7, 11) is 0. The molecule has 0 aromatic heterocycles. The second-order valence-corrected chi connectivity index (χ2v) is 5.38. The van der Waals surface area contributed by atoms with Crippen LogP contribution in [0.3, 0.4) is 0 Å². The Bertz CT molecular complexity index is 619. The minimum atomic E-state index is -0.429. The molecule has 2 nitrogen and oxygen atoms in total. The smallest absolute Gasteiger partial charge is 0.166 e. The molecule has 2 aromatic rings. The number of nitrogens with one attached hydrogen (secondary N) is 1. The molecule has 5 heteroatoms. The van der Waals surface area contributed by atoms with E-state index in [-0.39, 0.29) is 10.8 Å². The van der Waals surface area contributed by atoms with Crippen molar-refractivity contribution in [3.8, 4) is 11.5 Å². The Kier molecular flexibility index (Phi) is 5.85. The van der Waals surface area contributed by atoms with Gasteiger partial charge in [-0.2, -0.15) is 0 Å².